The van der Waals surface area contributed by atoms with E-state index in [0.29, 0.717) is 0 Å². The normalized spacial score (nSPS) is 31.2. The molecule has 0 heterocycles. The van der Waals surface area contributed by atoms with Crippen molar-refractivity contribution in [3.63, 3.8) is 0 Å². The first-order chi connectivity index (χ1) is 5.01. The molecule has 0 spiro atoms. The number of aliphatic hydroxyl groups is 1. The molecule has 0 saturated heterocycles. The van der Waals surface area contributed by atoms with Crippen molar-refractivity contribution < 1.29 is 5.11 Å². The molecule has 1 aliphatic carbocycles. The largest absolute Gasteiger partial charge is 0.395 e. The van der Waals surface area contributed by atoms with Gasteiger partial charge in [-0.25, -0.2) is 0 Å². The summed E-state index contributed by atoms with van der Waals surface area (Å²) in [6.07, 6.45) is 2.15. The van der Waals surface area contributed by atoms with Crippen molar-refractivity contribution in [1.82, 2.24) is 0 Å². The molecular formula is C10H16O. The molecule has 0 aliphatic heterocycles. The highest BCUT2D eigenvalue weighted by molar-refractivity contribution is 5.44. The molecule has 1 unspecified atom stereocenters. The molecular weight excluding hydrogens is 136 g/mol. The van der Waals surface area contributed by atoms with E-state index in [0.717, 1.165) is 0 Å². The molecule has 1 rings (SSSR count). The molecule has 0 saturated carbocycles. The van der Waals surface area contributed by atoms with E-state index in [9.17, 15) is 0 Å². The van der Waals surface area contributed by atoms with Crippen LogP contribution in [0, 0.1) is 5.41 Å². The van der Waals surface area contributed by atoms with E-state index in [1.54, 1.807) is 0 Å². The van der Waals surface area contributed by atoms with E-state index in [2.05, 4.69) is 33.8 Å². The minimum Gasteiger partial charge on any atom is -0.395 e. The maximum atomic E-state index is 9.15. The van der Waals surface area contributed by atoms with Gasteiger partial charge < -0.3 is 5.11 Å². The van der Waals surface area contributed by atoms with Crippen LogP contribution in [0.5, 0.6) is 0 Å². The topological polar surface area (TPSA) is 20.2 Å². The van der Waals surface area contributed by atoms with Crippen LogP contribution in [-0.4, -0.2) is 11.7 Å². The molecule has 1 N–H and O–H groups in total. The zero-order chi connectivity index (χ0) is 8.65. The first kappa shape index (κ1) is 8.54. The van der Waals surface area contributed by atoms with Gasteiger partial charge in [0.05, 0.1) is 6.61 Å². The van der Waals surface area contributed by atoms with Crippen LogP contribution in [0.15, 0.2) is 22.8 Å². The predicted molar refractivity (Wildman–Crippen MR) is 47.3 cm³/mol. The van der Waals surface area contributed by atoms with Gasteiger partial charge in [-0.2, -0.15) is 0 Å². The van der Waals surface area contributed by atoms with Gasteiger partial charge in [0.2, 0.25) is 0 Å². The van der Waals surface area contributed by atoms with Crippen LogP contribution in [0.2, 0.25) is 0 Å². The Morgan fingerprint density at radius 2 is 1.91 bits per heavy atom. The van der Waals surface area contributed by atoms with Crippen molar-refractivity contribution in [2.45, 2.75) is 27.7 Å². The van der Waals surface area contributed by atoms with Gasteiger partial charge in [-0.3, -0.25) is 0 Å². The van der Waals surface area contributed by atoms with Gasteiger partial charge in [0.1, 0.15) is 0 Å². The maximum Gasteiger partial charge on any atom is 0.0557 e. The highest BCUT2D eigenvalue weighted by Gasteiger charge is 2.29. The molecule has 0 aromatic carbocycles. The summed E-state index contributed by atoms with van der Waals surface area (Å²) in [7, 11) is 0. The van der Waals surface area contributed by atoms with E-state index < -0.39 is 0 Å². The molecule has 0 aromatic heterocycles. The molecule has 1 atom stereocenters. The minimum absolute atomic E-state index is 0.0891. The standard InChI is InChI=1S/C10H16O/c1-7-5-10(4,6-11)9(3)8(7)2/h5,11H,6H2,1-4H3. The summed E-state index contributed by atoms with van der Waals surface area (Å²) in [5.74, 6) is 0. The molecule has 0 amide bonds. The molecule has 1 heteroatoms. The predicted octanol–water partition coefficient (Wildman–Crippen LogP) is 2.28. The summed E-state index contributed by atoms with van der Waals surface area (Å²) < 4.78 is 0. The van der Waals surface area contributed by atoms with Crippen LogP contribution < -0.4 is 0 Å². The second kappa shape index (κ2) is 2.49. The zero-order valence-corrected chi connectivity index (χ0v) is 7.73. The average Bonchev–Trinajstić information content (AvgIpc) is 2.17. The van der Waals surface area contributed by atoms with E-state index in [4.69, 9.17) is 5.11 Å². The number of hydrogen-bond acceptors (Lipinski definition) is 1. The molecule has 0 radical (unpaired) electrons. The fourth-order valence-electron chi connectivity index (χ4n) is 1.58. The zero-order valence-electron chi connectivity index (χ0n) is 7.73. The second-order valence-corrected chi connectivity index (χ2v) is 3.65. The Kier molecular flexibility index (Phi) is 1.93. The van der Waals surface area contributed by atoms with Gasteiger partial charge >= 0.3 is 0 Å². The van der Waals surface area contributed by atoms with Crippen LogP contribution in [0.25, 0.3) is 0 Å². The number of aliphatic hydroxyl groups excluding tert-OH is 1. The number of hydrogen-bond donors (Lipinski definition) is 1. The van der Waals surface area contributed by atoms with Crippen LogP contribution in [0.4, 0.5) is 0 Å². The van der Waals surface area contributed by atoms with Crippen molar-refractivity contribution in [1.29, 1.82) is 0 Å². The Balaban J connectivity index is 3.09. The third-order valence-corrected chi connectivity index (χ3v) is 2.87. The van der Waals surface area contributed by atoms with E-state index in [-0.39, 0.29) is 12.0 Å². The molecule has 0 fully saturated rings. The van der Waals surface area contributed by atoms with Gasteiger partial charge in [-0.1, -0.05) is 24.1 Å². The summed E-state index contributed by atoms with van der Waals surface area (Å²) in [5.41, 5.74) is 3.85. The number of rotatable bonds is 1. The monoisotopic (exact) mass is 152 g/mol. The average molecular weight is 152 g/mol. The lowest BCUT2D eigenvalue weighted by Crippen LogP contribution is -2.17. The highest BCUT2D eigenvalue weighted by atomic mass is 16.3. The lowest BCUT2D eigenvalue weighted by Gasteiger charge is -2.21. The Morgan fingerprint density at radius 1 is 1.36 bits per heavy atom. The quantitative estimate of drug-likeness (QED) is 0.611. The van der Waals surface area contributed by atoms with Crippen molar-refractivity contribution >= 4 is 0 Å². The van der Waals surface area contributed by atoms with Crippen molar-refractivity contribution in [3.8, 4) is 0 Å². The second-order valence-electron chi connectivity index (χ2n) is 3.65. The minimum atomic E-state index is -0.0891. The Bertz CT molecular complexity index is 235. The lowest BCUT2D eigenvalue weighted by molar-refractivity contribution is 0.213. The van der Waals surface area contributed by atoms with Gasteiger partial charge in [-0.15, -0.1) is 0 Å². The third-order valence-electron chi connectivity index (χ3n) is 2.87. The lowest BCUT2D eigenvalue weighted by atomic mass is 9.86. The summed E-state index contributed by atoms with van der Waals surface area (Å²) in [4.78, 5) is 0. The molecule has 62 valence electrons. The Morgan fingerprint density at radius 3 is 2.09 bits per heavy atom. The summed E-state index contributed by atoms with van der Waals surface area (Å²) >= 11 is 0. The summed E-state index contributed by atoms with van der Waals surface area (Å²) in [5, 5.41) is 9.15. The van der Waals surface area contributed by atoms with Crippen molar-refractivity contribution in [2.24, 2.45) is 5.41 Å². The van der Waals surface area contributed by atoms with Gasteiger partial charge in [-0.05, 0) is 26.3 Å². The van der Waals surface area contributed by atoms with Crippen molar-refractivity contribution in [2.75, 3.05) is 6.61 Å². The maximum absolute atomic E-state index is 9.15. The highest BCUT2D eigenvalue weighted by Crippen LogP contribution is 2.39. The molecule has 1 nitrogen and oxygen atoms in total. The summed E-state index contributed by atoms with van der Waals surface area (Å²) in [6, 6.07) is 0. The van der Waals surface area contributed by atoms with Crippen LogP contribution in [0.1, 0.15) is 27.7 Å². The SMILES string of the molecule is CC1=CC(C)(CO)C(C)=C1C. The molecule has 0 aromatic rings. The van der Waals surface area contributed by atoms with Gasteiger partial charge in [0.15, 0.2) is 0 Å². The fraction of sp³-hybridized carbons (Fsp3) is 0.600. The Labute approximate surface area is 68.4 Å². The third kappa shape index (κ3) is 1.14. The molecule has 1 aliphatic rings. The molecule has 0 bridgehead atoms. The molecule has 11 heavy (non-hydrogen) atoms. The van der Waals surface area contributed by atoms with Crippen LogP contribution >= 0.6 is 0 Å². The van der Waals surface area contributed by atoms with Gasteiger partial charge in [0, 0.05) is 5.41 Å². The van der Waals surface area contributed by atoms with Crippen molar-refractivity contribution in [3.05, 3.63) is 22.8 Å². The van der Waals surface area contributed by atoms with Crippen LogP contribution in [0.3, 0.4) is 0 Å². The first-order valence-corrected chi connectivity index (χ1v) is 4.00. The van der Waals surface area contributed by atoms with E-state index >= 15 is 0 Å². The van der Waals surface area contributed by atoms with Gasteiger partial charge in [0.25, 0.3) is 0 Å². The van der Waals surface area contributed by atoms with Crippen LogP contribution in [-0.2, 0) is 0 Å². The smallest absolute Gasteiger partial charge is 0.0557 e. The van der Waals surface area contributed by atoms with E-state index in [1.165, 1.54) is 16.7 Å². The Hall–Kier alpha value is -0.560. The number of allylic oxidation sites excluding steroid dienone is 2. The fourth-order valence-corrected chi connectivity index (χ4v) is 1.58. The first-order valence-electron chi connectivity index (χ1n) is 4.00. The summed E-state index contributed by atoms with van der Waals surface area (Å²) in [6.45, 7) is 8.59. The van der Waals surface area contributed by atoms with E-state index in [1.807, 2.05) is 0 Å².